The Kier molecular flexibility index (Phi) is 4.68. The van der Waals surface area contributed by atoms with Crippen molar-refractivity contribution in [3.8, 4) is 5.75 Å². The van der Waals surface area contributed by atoms with Gasteiger partial charge in [0.2, 0.25) is 0 Å². The fraction of sp³-hybridized carbons (Fsp3) is 0.600. The van der Waals surface area contributed by atoms with Gasteiger partial charge in [-0.3, -0.25) is 0 Å². The number of alkyl halides is 1. The maximum atomic E-state index is 5.95. The lowest BCUT2D eigenvalue weighted by Crippen LogP contribution is -2.15. The molecule has 100 valence electrons. The summed E-state index contributed by atoms with van der Waals surface area (Å²) in [6, 6.07) is 6.34. The summed E-state index contributed by atoms with van der Waals surface area (Å²) in [5, 5.41) is 0. The lowest BCUT2D eigenvalue weighted by atomic mass is 10.0. The molecule has 0 aromatic heterocycles. The van der Waals surface area contributed by atoms with E-state index in [1.165, 1.54) is 11.1 Å². The van der Waals surface area contributed by atoms with Crippen LogP contribution in [0.2, 0.25) is 0 Å². The number of ether oxygens (including phenoxy) is 2. The van der Waals surface area contributed by atoms with Crippen LogP contribution in [0.5, 0.6) is 5.75 Å². The Morgan fingerprint density at radius 3 is 2.83 bits per heavy atom. The third kappa shape index (κ3) is 3.07. The highest BCUT2D eigenvalue weighted by Gasteiger charge is 2.30. The highest BCUT2D eigenvalue weighted by molar-refractivity contribution is 9.09. The van der Waals surface area contributed by atoms with Crippen LogP contribution in [0.1, 0.15) is 42.6 Å². The van der Waals surface area contributed by atoms with Crippen LogP contribution in [0, 0.1) is 6.92 Å². The Morgan fingerprint density at radius 2 is 2.22 bits per heavy atom. The summed E-state index contributed by atoms with van der Waals surface area (Å²) in [7, 11) is 0. The van der Waals surface area contributed by atoms with E-state index in [9.17, 15) is 0 Å². The number of hydrogen-bond acceptors (Lipinski definition) is 2. The van der Waals surface area contributed by atoms with Crippen molar-refractivity contribution in [1.82, 2.24) is 0 Å². The monoisotopic (exact) mass is 312 g/mol. The van der Waals surface area contributed by atoms with Gasteiger partial charge in [0.15, 0.2) is 0 Å². The van der Waals surface area contributed by atoms with Crippen LogP contribution in [0.4, 0.5) is 0 Å². The molecule has 0 N–H and O–H groups in total. The summed E-state index contributed by atoms with van der Waals surface area (Å²) < 4.78 is 11.7. The van der Waals surface area contributed by atoms with Gasteiger partial charge in [0.1, 0.15) is 5.75 Å². The maximum Gasteiger partial charge on any atom is 0.123 e. The molecule has 1 fully saturated rings. The van der Waals surface area contributed by atoms with Gasteiger partial charge in [-0.25, -0.2) is 0 Å². The molecule has 2 rings (SSSR count). The number of rotatable bonds is 4. The Balaban J connectivity index is 2.22. The van der Waals surface area contributed by atoms with E-state index in [1.54, 1.807) is 0 Å². The van der Waals surface area contributed by atoms with Gasteiger partial charge in [-0.2, -0.15) is 0 Å². The Hall–Kier alpha value is -0.540. The Bertz CT molecular complexity index is 405. The second kappa shape index (κ2) is 6.07. The van der Waals surface area contributed by atoms with E-state index in [0.29, 0.717) is 12.7 Å². The molecule has 0 radical (unpaired) electrons. The molecule has 2 nitrogen and oxygen atoms in total. The molecule has 0 saturated carbocycles. The highest BCUT2D eigenvalue weighted by Crippen LogP contribution is 2.40. The molecule has 0 aliphatic carbocycles. The van der Waals surface area contributed by atoms with Crippen LogP contribution in [0.25, 0.3) is 0 Å². The Morgan fingerprint density at radius 1 is 1.44 bits per heavy atom. The van der Waals surface area contributed by atoms with E-state index < -0.39 is 0 Å². The molecule has 1 aliphatic heterocycles. The van der Waals surface area contributed by atoms with Crippen molar-refractivity contribution >= 4 is 15.9 Å². The molecule has 1 heterocycles. The summed E-state index contributed by atoms with van der Waals surface area (Å²) >= 11 is 3.79. The second-order valence-electron chi connectivity index (χ2n) is 4.94. The van der Waals surface area contributed by atoms with Gasteiger partial charge in [-0.05, 0) is 39.7 Å². The summed E-state index contributed by atoms with van der Waals surface area (Å²) in [6.45, 7) is 6.95. The fourth-order valence-corrected chi connectivity index (χ4v) is 3.17. The summed E-state index contributed by atoms with van der Waals surface area (Å²) in [6.07, 6.45) is 2.87. The van der Waals surface area contributed by atoms with E-state index in [2.05, 4.69) is 48.0 Å². The molecule has 0 amide bonds. The standard InChI is InChI=1S/C15H21BrO2/c1-4-17-13-7-5-10(2)9-12(13)15(16)14-8-6-11(3)18-14/h5,7,9,11,14-15H,4,6,8H2,1-3H3. The van der Waals surface area contributed by atoms with Gasteiger partial charge < -0.3 is 9.47 Å². The van der Waals surface area contributed by atoms with Gasteiger partial charge in [-0.15, -0.1) is 0 Å². The number of halogens is 1. The fourth-order valence-electron chi connectivity index (χ4n) is 2.42. The molecule has 3 unspecified atom stereocenters. The average Bonchev–Trinajstić information content (AvgIpc) is 2.77. The molecular weight excluding hydrogens is 292 g/mol. The maximum absolute atomic E-state index is 5.95. The van der Waals surface area contributed by atoms with Crippen LogP contribution < -0.4 is 4.74 Å². The van der Waals surface area contributed by atoms with Crippen LogP contribution in [-0.4, -0.2) is 18.8 Å². The smallest absolute Gasteiger partial charge is 0.123 e. The minimum atomic E-state index is 0.212. The minimum Gasteiger partial charge on any atom is -0.494 e. The van der Waals surface area contributed by atoms with Crippen molar-refractivity contribution in [2.75, 3.05) is 6.61 Å². The zero-order valence-corrected chi connectivity index (χ0v) is 12.9. The second-order valence-corrected chi connectivity index (χ2v) is 5.93. The lowest BCUT2D eigenvalue weighted by molar-refractivity contribution is 0.0552. The molecule has 0 bridgehead atoms. The first-order valence-electron chi connectivity index (χ1n) is 6.64. The third-order valence-corrected chi connectivity index (χ3v) is 4.44. The number of aryl methyl sites for hydroxylation is 1. The highest BCUT2D eigenvalue weighted by atomic mass is 79.9. The average molecular weight is 313 g/mol. The zero-order chi connectivity index (χ0) is 13.1. The van der Waals surface area contributed by atoms with Crippen molar-refractivity contribution in [2.24, 2.45) is 0 Å². The molecule has 1 aromatic rings. The molecule has 18 heavy (non-hydrogen) atoms. The van der Waals surface area contributed by atoms with Gasteiger partial charge in [0.05, 0.1) is 23.6 Å². The predicted molar refractivity (Wildman–Crippen MR) is 77.6 cm³/mol. The van der Waals surface area contributed by atoms with Crippen molar-refractivity contribution in [3.63, 3.8) is 0 Å². The lowest BCUT2D eigenvalue weighted by Gasteiger charge is -2.21. The first kappa shape index (κ1) is 13.9. The largest absolute Gasteiger partial charge is 0.494 e. The quantitative estimate of drug-likeness (QED) is 0.767. The topological polar surface area (TPSA) is 18.5 Å². The number of hydrogen-bond donors (Lipinski definition) is 0. The van der Waals surface area contributed by atoms with Crippen molar-refractivity contribution in [2.45, 2.75) is 50.6 Å². The summed E-state index contributed by atoms with van der Waals surface area (Å²) in [5.41, 5.74) is 2.46. The van der Waals surface area contributed by atoms with Gasteiger partial charge in [0.25, 0.3) is 0 Å². The number of benzene rings is 1. The van der Waals surface area contributed by atoms with Crippen LogP contribution in [0.15, 0.2) is 18.2 Å². The molecule has 1 saturated heterocycles. The molecule has 3 atom stereocenters. The summed E-state index contributed by atoms with van der Waals surface area (Å²) in [4.78, 5) is 0.212. The molecule has 1 aromatic carbocycles. The molecule has 0 spiro atoms. The van der Waals surface area contributed by atoms with E-state index in [-0.39, 0.29) is 10.9 Å². The van der Waals surface area contributed by atoms with Crippen LogP contribution in [0.3, 0.4) is 0 Å². The normalized spacial score (nSPS) is 25.1. The van der Waals surface area contributed by atoms with E-state index in [0.717, 1.165) is 18.6 Å². The van der Waals surface area contributed by atoms with E-state index in [1.807, 2.05) is 6.92 Å². The van der Waals surface area contributed by atoms with Crippen LogP contribution in [-0.2, 0) is 4.74 Å². The molecule has 3 heteroatoms. The predicted octanol–water partition coefficient (Wildman–Crippen LogP) is 4.40. The van der Waals surface area contributed by atoms with Gasteiger partial charge in [-0.1, -0.05) is 33.6 Å². The third-order valence-electron chi connectivity index (χ3n) is 3.35. The van der Waals surface area contributed by atoms with Crippen molar-refractivity contribution < 1.29 is 9.47 Å². The SMILES string of the molecule is CCOc1ccc(C)cc1C(Br)C1CCC(C)O1. The van der Waals surface area contributed by atoms with E-state index in [4.69, 9.17) is 9.47 Å². The Labute approximate surface area is 118 Å². The zero-order valence-electron chi connectivity index (χ0n) is 11.3. The first-order valence-corrected chi connectivity index (χ1v) is 7.56. The molecular formula is C15H21BrO2. The van der Waals surface area contributed by atoms with Gasteiger partial charge >= 0.3 is 0 Å². The van der Waals surface area contributed by atoms with Crippen molar-refractivity contribution in [1.29, 1.82) is 0 Å². The van der Waals surface area contributed by atoms with Gasteiger partial charge in [0, 0.05) is 5.56 Å². The van der Waals surface area contributed by atoms with E-state index >= 15 is 0 Å². The molecule has 1 aliphatic rings. The first-order chi connectivity index (χ1) is 8.61. The summed E-state index contributed by atoms with van der Waals surface area (Å²) in [5.74, 6) is 0.966. The van der Waals surface area contributed by atoms with Crippen LogP contribution >= 0.6 is 15.9 Å². The minimum absolute atomic E-state index is 0.212. The van der Waals surface area contributed by atoms with Crippen molar-refractivity contribution in [3.05, 3.63) is 29.3 Å².